The summed E-state index contributed by atoms with van der Waals surface area (Å²) in [6, 6.07) is 0.544. The fourth-order valence-electron chi connectivity index (χ4n) is 3.60. The van der Waals surface area contributed by atoms with Crippen LogP contribution in [0.2, 0.25) is 0 Å². The van der Waals surface area contributed by atoms with Crippen LogP contribution < -0.4 is 5.14 Å². The molecule has 0 spiro atoms. The van der Waals surface area contributed by atoms with Gasteiger partial charge in [0.15, 0.2) is 0 Å². The number of rotatable bonds is 6. The van der Waals surface area contributed by atoms with Gasteiger partial charge in [0.2, 0.25) is 10.0 Å². The second-order valence-electron chi connectivity index (χ2n) is 6.53. The van der Waals surface area contributed by atoms with Crippen LogP contribution in [-0.2, 0) is 14.8 Å². The molecule has 21 heavy (non-hydrogen) atoms. The molecule has 124 valence electrons. The lowest BCUT2D eigenvalue weighted by atomic mass is 10.1. The van der Waals surface area contributed by atoms with Crippen molar-refractivity contribution in [1.29, 1.82) is 0 Å². The van der Waals surface area contributed by atoms with E-state index in [0.717, 1.165) is 32.7 Å². The SMILES string of the molecule is CC1CN(CC2CCCN2CCCS(N)(=O)=O)CC(C)O1. The number of hydrogen-bond acceptors (Lipinski definition) is 5. The number of morpholine rings is 1. The van der Waals surface area contributed by atoms with Gasteiger partial charge in [0, 0.05) is 25.7 Å². The van der Waals surface area contributed by atoms with Gasteiger partial charge >= 0.3 is 0 Å². The van der Waals surface area contributed by atoms with Crippen LogP contribution in [0.25, 0.3) is 0 Å². The Balaban J connectivity index is 1.78. The van der Waals surface area contributed by atoms with Gasteiger partial charge < -0.3 is 4.74 Å². The summed E-state index contributed by atoms with van der Waals surface area (Å²) in [5.41, 5.74) is 0. The van der Waals surface area contributed by atoms with Gasteiger partial charge in [0.25, 0.3) is 0 Å². The molecule has 0 bridgehead atoms. The molecule has 0 radical (unpaired) electrons. The summed E-state index contributed by atoms with van der Waals surface area (Å²) < 4.78 is 27.8. The maximum atomic E-state index is 11.0. The Hall–Kier alpha value is -0.210. The number of nitrogens with zero attached hydrogens (tertiary/aromatic N) is 2. The van der Waals surface area contributed by atoms with Crippen LogP contribution in [0.3, 0.4) is 0 Å². The quantitative estimate of drug-likeness (QED) is 0.759. The number of nitrogens with two attached hydrogens (primary N) is 1. The van der Waals surface area contributed by atoms with Gasteiger partial charge in [-0.1, -0.05) is 0 Å². The van der Waals surface area contributed by atoms with Gasteiger partial charge in [0.05, 0.1) is 18.0 Å². The number of likely N-dealkylation sites (tertiary alicyclic amines) is 1. The molecule has 0 amide bonds. The van der Waals surface area contributed by atoms with Crippen LogP contribution in [0.15, 0.2) is 0 Å². The predicted molar refractivity (Wildman–Crippen MR) is 83.6 cm³/mol. The molecule has 0 saturated carbocycles. The monoisotopic (exact) mass is 319 g/mol. The highest BCUT2D eigenvalue weighted by Gasteiger charge is 2.29. The molecule has 6 nitrogen and oxygen atoms in total. The van der Waals surface area contributed by atoms with Gasteiger partial charge in [-0.2, -0.15) is 0 Å². The van der Waals surface area contributed by atoms with Gasteiger partial charge in [-0.3, -0.25) is 9.80 Å². The minimum absolute atomic E-state index is 0.0852. The van der Waals surface area contributed by atoms with E-state index in [1.54, 1.807) is 0 Å². The maximum absolute atomic E-state index is 11.0. The molecule has 2 fully saturated rings. The zero-order chi connectivity index (χ0) is 15.5. The fraction of sp³-hybridized carbons (Fsp3) is 1.00. The molecular weight excluding hydrogens is 290 g/mol. The topological polar surface area (TPSA) is 75.9 Å². The summed E-state index contributed by atoms with van der Waals surface area (Å²) >= 11 is 0. The maximum Gasteiger partial charge on any atom is 0.209 e. The Morgan fingerprint density at radius 1 is 1.24 bits per heavy atom. The lowest BCUT2D eigenvalue weighted by Gasteiger charge is -2.38. The summed E-state index contributed by atoms with van der Waals surface area (Å²) in [4.78, 5) is 4.91. The van der Waals surface area contributed by atoms with Crippen molar-refractivity contribution in [2.45, 2.75) is 51.4 Å². The van der Waals surface area contributed by atoms with Crippen LogP contribution in [0.1, 0.15) is 33.1 Å². The summed E-state index contributed by atoms with van der Waals surface area (Å²) in [5, 5.41) is 5.07. The normalized spacial score (nSPS) is 32.6. The molecule has 7 heteroatoms. The van der Waals surface area contributed by atoms with E-state index in [1.165, 1.54) is 12.8 Å². The van der Waals surface area contributed by atoms with Crippen LogP contribution in [0, 0.1) is 0 Å². The largest absolute Gasteiger partial charge is 0.373 e. The summed E-state index contributed by atoms with van der Waals surface area (Å²) in [7, 11) is -3.33. The zero-order valence-electron chi connectivity index (χ0n) is 13.2. The lowest BCUT2D eigenvalue weighted by Crippen LogP contribution is -2.50. The van der Waals surface area contributed by atoms with E-state index >= 15 is 0 Å². The molecule has 2 aliphatic rings. The first-order chi connectivity index (χ1) is 9.83. The van der Waals surface area contributed by atoms with E-state index < -0.39 is 10.0 Å². The molecule has 0 aromatic carbocycles. The molecule has 0 aliphatic carbocycles. The molecule has 3 unspecified atom stereocenters. The fourth-order valence-corrected chi connectivity index (χ4v) is 4.13. The van der Waals surface area contributed by atoms with E-state index in [9.17, 15) is 8.42 Å². The Kier molecular flexibility index (Phi) is 6.02. The molecule has 0 aromatic heterocycles. The predicted octanol–water partition coefficient (Wildman–Crippen LogP) is 0.239. The Morgan fingerprint density at radius 2 is 1.90 bits per heavy atom. The standard InChI is InChI=1S/C14H29N3O3S/c1-12-9-16(10-13(2)20-12)11-14-5-3-6-17(14)7-4-8-21(15,18)19/h12-14H,3-11H2,1-2H3,(H2,15,18,19). The van der Waals surface area contributed by atoms with Crippen molar-refractivity contribution in [2.24, 2.45) is 5.14 Å². The van der Waals surface area contributed by atoms with Crippen molar-refractivity contribution in [3.8, 4) is 0 Å². The minimum atomic E-state index is -3.33. The number of primary sulfonamides is 1. The Bertz CT molecular complexity index is 419. The smallest absolute Gasteiger partial charge is 0.209 e. The van der Waals surface area contributed by atoms with Gasteiger partial charge in [-0.25, -0.2) is 13.6 Å². The van der Waals surface area contributed by atoms with E-state index in [4.69, 9.17) is 9.88 Å². The van der Waals surface area contributed by atoms with Crippen molar-refractivity contribution >= 4 is 10.0 Å². The van der Waals surface area contributed by atoms with E-state index in [2.05, 4.69) is 23.6 Å². The molecule has 2 aliphatic heterocycles. The average Bonchev–Trinajstić information content (AvgIpc) is 2.73. The summed E-state index contributed by atoms with van der Waals surface area (Å²) in [6.45, 7) is 9.20. The molecule has 0 aromatic rings. The third kappa shape index (κ3) is 5.83. The Labute approximate surface area is 128 Å². The zero-order valence-corrected chi connectivity index (χ0v) is 14.0. The molecule has 2 N–H and O–H groups in total. The highest BCUT2D eigenvalue weighted by atomic mass is 32.2. The van der Waals surface area contributed by atoms with E-state index in [0.29, 0.717) is 24.7 Å². The number of hydrogen-bond donors (Lipinski definition) is 1. The van der Waals surface area contributed by atoms with Crippen molar-refractivity contribution in [3.63, 3.8) is 0 Å². The van der Waals surface area contributed by atoms with Crippen molar-refractivity contribution in [1.82, 2.24) is 9.80 Å². The summed E-state index contributed by atoms with van der Waals surface area (Å²) in [5.74, 6) is 0.0852. The molecule has 2 saturated heterocycles. The highest BCUT2D eigenvalue weighted by Crippen LogP contribution is 2.20. The third-order valence-electron chi connectivity index (χ3n) is 4.34. The number of ether oxygens (including phenoxy) is 1. The summed E-state index contributed by atoms with van der Waals surface area (Å²) in [6.07, 6.45) is 3.63. The molecule has 3 atom stereocenters. The van der Waals surface area contributed by atoms with Crippen LogP contribution in [0.5, 0.6) is 0 Å². The number of sulfonamides is 1. The van der Waals surface area contributed by atoms with Crippen molar-refractivity contribution < 1.29 is 13.2 Å². The average molecular weight is 319 g/mol. The highest BCUT2D eigenvalue weighted by molar-refractivity contribution is 7.89. The van der Waals surface area contributed by atoms with E-state index in [1.807, 2.05) is 0 Å². The lowest BCUT2D eigenvalue weighted by molar-refractivity contribution is -0.0722. The second-order valence-corrected chi connectivity index (χ2v) is 8.26. The van der Waals surface area contributed by atoms with Crippen LogP contribution >= 0.6 is 0 Å². The van der Waals surface area contributed by atoms with Gasteiger partial charge in [-0.15, -0.1) is 0 Å². The minimum Gasteiger partial charge on any atom is -0.373 e. The second kappa shape index (κ2) is 7.37. The first kappa shape index (κ1) is 17.1. The molecule has 2 rings (SSSR count). The first-order valence-corrected chi connectivity index (χ1v) is 9.67. The first-order valence-electron chi connectivity index (χ1n) is 7.96. The van der Waals surface area contributed by atoms with E-state index in [-0.39, 0.29) is 5.75 Å². The van der Waals surface area contributed by atoms with Gasteiger partial charge in [-0.05, 0) is 46.2 Å². The molecular formula is C14H29N3O3S. The van der Waals surface area contributed by atoms with Crippen molar-refractivity contribution in [2.75, 3.05) is 38.5 Å². The van der Waals surface area contributed by atoms with Crippen LogP contribution in [-0.4, -0.2) is 74.9 Å². The molecule has 2 heterocycles. The van der Waals surface area contributed by atoms with Crippen LogP contribution in [0.4, 0.5) is 0 Å². The van der Waals surface area contributed by atoms with Gasteiger partial charge in [0.1, 0.15) is 0 Å². The van der Waals surface area contributed by atoms with Crippen molar-refractivity contribution in [3.05, 3.63) is 0 Å². The Morgan fingerprint density at radius 3 is 2.52 bits per heavy atom. The third-order valence-corrected chi connectivity index (χ3v) is 5.20.